The summed E-state index contributed by atoms with van der Waals surface area (Å²) in [5.74, 6) is 0. The quantitative estimate of drug-likeness (QED) is 0.144. The number of rotatable bonds is 20. The fourth-order valence-corrected chi connectivity index (χ4v) is 86.0. The molecule has 0 N–H and O–H groups in total. The van der Waals surface area contributed by atoms with Crippen molar-refractivity contribution in [2.24, 2.45) is 0 Å². The van der Waals surface area contributed by atoms with E-state index in [0.717, 1.165) is 0 Å². The summed E-state index contributed by atoms with van der Waals surface area (Å²) in [7, 11) is 2.90. The molecule has 0 fully saturated rings. The Kier molecular flexibility index (Phi) is 19.2. The Morgan fingerprint density at radius 3 is 0.704 bits per heavy atom. The Balaban J connectivity index is 5.66. The van der Waals surface area contributed by atoms with Crippen LogP contribution in [0.2, 0.25) is 31.5 Å². The first-order valence-electron chi connectivity index (χ1n) is 12.8. The van der Waals surface area contributed by atoms with Crippen LogP contribution in [-0.4, -0.2) is 24.2 Å². The van der Waals surface area contributed by atoms with E-state index in [4.69, 9.17) is 0 Å². The molecule has 27 heavy (non-hydrogen) atoms. The molecule has 0 atom stereocenters. The molecule has 0 spiro atoms. The first-order valence-corrected chi connectivity index (χ1v) is 27.6. The van der Waals surface area contributed by atoms with Crippen LogP contribution in [0.15, 0.2) is 0 Å². The van der Waals surface area contributed by atoms with Crippen LogP contribution in [0.5, 0.6) is 0 Å². The molecule has 0 saturated carbocycles. The second kappa shape index (κ2) is 18.2. The molecule has 164 valence electrons. The molecule has 0 saturated heterocycles. The zero-order valence-electron chi connectivity index (χ0n) is 20.1. The van der Waals surface area contributed by atoms with Crippen LogP contribution in [0.3, 0.4) is 0 Å². The van der Waals surface area contributed by atoms with Gasteiger partial charge in [-0.3, -0.25) is 0 Å². The maximum absolute atomic E-state index is 2.90. The summed E-state index contributed by atoms with van der Waals surface area (Å²) in [5, 5.41) is 10.2. The van der Waals surface area contributed by atoms with Gasteiger partial charge in [0.05, 0.1) is 0 Å². The second-order valence-electron chi connectivity index (χ2n) is 9.09. The molecule has 0 bridgehead atoms. The van der Waals surface area contributed by atoms with Gasteiger partial charge >= 0.3 is 183 Å². The number of unbranched alkanes of at least 4 members (excludes halogenated alkanes) is 6. The van der Waals surface area contributed by atoms with Crippen LogP contribution in [0.4, 0.5) is 0 Å². The molecular weight excluding hydrogens is 466 g/mol. The monoisotopic (exact) mass is 522 g/mol. The SMILES string of the molecule is CCC[CH2][Ge]([CH2]CCC)([CH2]CCC)[S][Ge]([CH2]CCC)([CH2]CCC)[CH2]CCC. The fourth-order valence-electron chi connectivity index (χ4n) is 4.51. The van der Waals surface area contributed by atoms with E-state index < -0.39 is 24.2 Å². The molecule has 0 unspecified atom stereocenters. The van der Waals surface area contributed by atoms with Gasteiger partial charge < -0.3 is 0 Å². The van der Waals surface area contributed by atoms with E-state index in [1.807, 2.05) is 0 Å². The van der Waals surface area contributed by atoms with E-state index in [1.165, 1.54) is 77.0 Å². The normalized spacial score (nSPS) is 12.7. The van der Waals surface area contributed by atoms with Crippen molar-refractivity contribution in [2.45, 2.75) is 150 Å². The van der Waals surface area contributed by atoms with Crippen molar-refractivity contribution in [3.63, 3.8) is 0 Å². The van der Waals surface area contributed by atoms with Crippen LogP contribution in [0, 0.1) is 0 Å². The van der Waals surface area contributed by atoms with E-state index >= 15 is 0 Å². The van der Waals surface area contributed by atoms with Crippen molar-refractivity contribution in [1.82, 2.24) is 0 Å². The zero-order chi connectivity index (χ0) is 20.4. The van der Waals surface area contributed by atoms with Gasteiger partial charge in [0, 0.05) is 0 Å². The standard InChI is InChI=1S/C24H54Ge2S/c1-7-13-19-25(20-14-8-2,21-15-9-3)27-26(22-16-10-4,23-17-11-5)24-18-12-6/h7-24H2,1-6H3. The number of hydrogen-bond acceptors (Lipinski definition) is 1. The third kappa shape index (κ3) is 12.7. The predicted octanol–water partition coefficient (Wildman–Crippen LogP) is 10.4. The summed E-state index contributed by atoms with van der Waals surface area (Å²) in [6, 6.07) is 0. The van der Waals surface area contributed by atoms with Gasteiger partial charge in [0.2, 0.25) is 0 Å². The molecule has 0 rings (SSSR count). The fraction of sp³-hybridized carbons (Fsp3) is 1.00. The van der Waals surface area contributed by atoms with E-state index in [2.05, 4.69) is 50.0 Å². The molecular formula is C24H54Ge2S. The van der Waals surface area contributed by atoms with Gasteiger partial charge in [-0.05, 0) is 0 Å². The summed E-state index contributed by atoms with van der Waals surface area (Å²) >= 11 is -3.53. The zero-order valence-corrected chi connectivity index (χ0v) is 25.1. The molecule has 0 amide bonds. The van der Waals surface area contributed by atoms with Crippen molar-refractivity contribution in [3.8, 4) is 0 Å². The minimum atomic E-state index is -1.77. The molecule has 0 aliphatic heterocycles. The van der Waals surface area contributed by atoms with Crippen LogP contribution < -0.4 is 0 Å². The van der Waals surface area contributed by atoms with E-state index in [-0.39, 0.29) is 0 Å². The molecule has 0 aliphatic rings. The van der Waals surface area contributed by atoms with E-state index in [1.54, 1.807) is 31.5 Å². The summed E-state index contributed by atoms with van der Waals surface area (Å²) < 4.78 is 0. The number of hydrogen-bond donors (Lipinski definition) is 0. The second-order valence-corrected chi connectivity index (χ2v) is 42.5. The summed E-state index contributed by atoms with van der Waals surface area (Å²) in [6.07, 6.45) is 17.7. The predicted molar refractivity (Wildman–Crippen MR) is 137 cm³/mol. The Labute approximate surface area is 181 Å². The van der Waals surface area contributed by atoms with Crippen LogP contribution in [0.1, 0.15) is 119 Å². The van der Waals surface area contributed by atoms with E-state index in [9.17, 15) is 0 Å². The Morgan fingerprint density at radius 2 is 0.556 bits per heavy atom. The van der Waals surface area contributed by atoms with Crippen LogP contribution in [0.25, 0.3) is 0 Å². The first-order chi connectivity index (χ1) is 13.1. The maximum atomic E-state index is 2.90. The van der Waals surface area contributed by atoms with Gasteiger partial charge in [0.1, 0.15) is 0 Å². The minimum absolute atomic E-state index is 1.42. The first kappa shape index (κ1) is 28.4. The van der Waals surface area contributed by atoms with Crippen molar-refractivity contribution in [3.05, 3.63) is 0 Å². The van der Waals surface area contributed by atoms with Crippen LogP contribution >= 0.6 is 8.41 Å². The van der Waals surface area contributed by atoms with Gasteiger partial charge in [0.25, 0.3) is 0 Å². The molecule has 0 nitrogen and oxygen atoms in total. The average molecular weight is 520 g/mol. The average Bonchev–Trinajstić information content (AvgIpc) is 2.70. The summed E-state index contributed by atoms with van der Waals surface area (Å²) in [6.45, 7) is 14.6. The van der Waals surface area contributed by atoms with Crippen molar-refractivity contribution < 1.29 is 0 Å². The molecule has 0 aromatic carbocycles. The van der Waals surface area contributed by atoms with Gasteiger partial charge in [-0.25, -0.2) is 0 Å². The van der Waals surface area contributed by atoms with Gasteiger partial charge in [0.15, 0.2) is 0 Å². The molecule has 0 aromatic rings. The van der Waals surface area contributed by atoms with Crippen molar-refractivity contribution >= 4 is 32.7 Å². The van der Waals surface area contributed by atoms with E-state index in [0.29, 0.717) is 0 Å². The molecule has 0 aromatic heterocycles. The third-order valence-corrected chi connectivity index (χ3v) is 63.3. The molecule has 3 heteroatoms. The van der Waals surface area contributed by atoms with Crippen LogP contribution in [-0.2, 0) is 0 Å². The van der Waals surface area contributed by atoms with Gasteiger partial charge in [-0.15, -0.1) is 0 Å². The molecule has 0 radical (unpaired) electrons. The van der Waals surface area contributed by atoms with Crippen molar-refractivity contribution in [2.75, 3.05) is 0 Å². The Bertz CT molecular complexity index is 246. The Hall–Kier alpha value is 1.44. The summed E-state index contributed by atoms with van der Waals surface area (Å²) in [5.41, 5.74) is 0. The van der Waals surface area contributed by atoms with Gasteiger partial charge in [-0.2, -0.15) is 0 Å². The third-order valence-electron chi connectivity index (χ3n) is 6.35. The molecule has 0 heterocycles. The summed E-state index contributed by atoms with van der Waals surface area (Å²) in [4.78, 5) is 0. The molecule has 0 aliphatic carbocycles. The Morgan fingerprint density at radius 1 is 0.370 bits per heavy atom. The topological polar surface area (TPSA) is 0 Å². The van der Waals surface area contributed by atoms with Crippen molar-refractivity contribution in [1.29, 1.82) is 0 Å². The van der Waals surface area contributed by atoms with Gasteiger partial charge in [-0.1, -0.05) is 0 Å².